The molecule has 1 atom stereocenters. The molecule has 2 aromatic heterocycles. The third-order valence-electron chi connectivity index (χ3n) is 9.37. The van der Waals surface area contributed by atoms with Gasteiger partial charge in [0.1, 0.15) is 23.5 Å². The Kier molecular flexibility index (Phi) is 7.75. The van der Waals surface area contributed by atoms with Gasteiger partial charge in [0, 0.05) is 42.3 Å². The Morgan fingerprint density at radius 3 is 2.65 bits per heavy atom. The molecule has 0 aliphatic carbocycles. The molecule has 3 aliphatic heterocycles. The van der Waals surface area contributed by atoms with Gasteiger partial charge in [-0.15, -0.1) is 0 Å². The molecule has 0 spiro atoms. The maximum absolute atomic E-state index is 13.8. The summed E-state index contributed by atoms with van der Waals surface area (Å²) >= 11 is 0. The van der Waals surface area contributed by atoms with E-state index < -0.39 is 11.6 Å². The number of rotatable bonds is 8. The number of nitrogens with one attached hydrogen (secondary N) is 2. The first-order valence-electron chi connectivity index (χ1n) is 15.9. The van der Waals surface area contributed by atoms with E-state index in [9.17, 15) is 14.0 Å². The van der Waals surface area contributed by atoms with Crippen LogP contribution in [-0.2, 0) is 10.2 Å². The first-order chi connectivity index (χ1) is 22.2. The van der Waals surface area contributed by atoms with Crippen molar-refractivity contribution in [1.29, 1.82) is 0 Å². The summed E-state index contributed by atoms with van der Waals surface area (Å²) in [5.74, 6) is 0.707. The number of alkyl halides is 1. The maximum atomic E-state index is 13.8. The van der Waals surface area contributed by atoms with Gasteiger partial charge in [0.2, 0.25) is 11.9 Å². The summed E-state index contributed by atoms with van der Waals surface area (Å²) < 4.78 is 13.8. The molecule has 2 fully saturated rings. The van der Waals surface area contributed by atoms with Crippen LogP contribution in [0.5, 0.6) is 0 Å². The molecule has 0 radical (unpaired) electrons. The number of hydrogen-bond donors (Lipinski definition) is 2. The Morgan fingerprint density at radius 2 is 1.87 bits per heavy atom. The monoisotopic (exact) mass is 623 g/mol. The van der Waals surface area contributed by atoms with Crippen LogP contribution in [0.4, 0.5) is 33.2 Å². The van der Waals surface area contributed by atoms with Crippen molar-refractivity contribution in [3.05, 3.63) is 65.6 Å². The molecular formula is C34H38FN9O2. The summed E-state index contributed by atoms with van der Waals surface area (Å²) in [7, 11) is 0. The van der Waals surface area contributed by atoms with Crippen LogP contribution >= 0.6 is 0 Å². The van der Waals surface area contributed by atoms with Crippen LogP contribution in [0, 0.1) is 6.92 Å². The van der Waals surface area contributed by atoms with E-state index in [2.05, 4.69) is 35.5 Å². The van der Waals surface area contributed by atoms with Crippen molar-refractivity contribution in [1.82, 2.24) is 24.8 Å². The summed E-state index contributed by atoms with van der Waals surface area (Å²) in [6, 6.07) is 11.1. The number of likely N-dealkylation sites (tertiary alicyclic amines) is 1. The fourth-order valence-corrected chi connectivity index (χ4v) is 6.60. The zero-order valence-electron chi connectivity index (χ0n) is 26.4. The van der Waals surface area contributed by atoms with E-state index in [0.717, 1.165) is 36.4 Å². The molecule has 0 bridgehead atoms. The Bertz CT molecular complexity index is 1820. The van der Waals surface area contributed by atoms with Crippen molar-refractivity contribution in [3.63, 3.8) is 0 Å². The number of carbonyl (C=O) groups is 2. The average Bonchev–Trinajstić information content (AvgIpc) is 3.77. The maximum Gasteiger partial charge on any atom is 0.255 e. The molecule has 46 heavy (non-hydrogen) atoms. The molecule has 2 saturated heterocycles. The Balaban J connectivity index is 1.10. The van der Waals surface area contributed by atoms with Gasteiger partial charge in [-0.2, -0.15) is 0 Å². The third kappa shape index (κ3) is 5.61. The number of hydrogen-bond acceptors (Lipinski definition) is 9. The van der Waals surface area contributed by atoms with Crippen LogP contribution in [-0.4, -0.2) is 82.1 Å². The van der Waals surface area contributed by atoms with Crippen LogP contribution in [0.15, 0.2) is 48.9 Å². The van der Waals surface area contributed by atoms with Gasteiger partial charge in [-0.05, 0) is 94.6 Å². The third-order valence-corrected chi connectivity index (χ3v) is 9.37. The quantitative estimate of drug-likeness (QED) is 0.280. The van der Waals surface area contributed by atoms with Gasteiger partial charge in [0.15, 0.2) is 5.82 Å². The SMILES string of the molecule is Cc1ccc(C(=O)Nc2ccc3c(c2)C(C)(C)C(=O)N3CCN2CCCC2)cc1Nc1ncnc2cnc(N3CC[C@@H](F)C3)nc12. The van der Waals surface area contributed by atoms with Crippen molar-refractivity contribution in [2.75, 3.05) is 59.7 Å². The molecule has 3 aliphatic rings. The summed E-state index contributed by atoms with van der Waals surface area (Å²) in [6.45, 7) is 10.3. The lowest BCUT2D eigenvalue weighted by Gasteiger charge is -2.23. The zero-order valence-corrected chi connectivity index (χ0v) is 26.4. The predicted molar refractivity (Wildman–Crippen MR) is 177 cm³/mol. The lowest BCUT2D eigenvalue weighted by Crippen LogP contribution is -2.40. The Hall–Kier alpha value is -4.71. The molecule has 4 aromatic rings. The largest absolute Gasteiger partial charge is 0.338 e. The smallest absolute Gasteiger partial charge is 0.255 e. The van der Waals surface area contributed by atoms with E-state index in [0.29, 0.717) is 59.2 Å². The molecule has 7 rings (SSSR count). The number of benzene rings is 2. The van der Waals surface area contributed by atoms with Crippen LogP contribution < -0.4 is 20.4 Å². The minimum absolute atomic E-state index is 0.0844. The second-order valence-electron chi connectivity index (χ2n) is 12.9. The average molecular weight is 624 g/mol. The predicted octanol–water partition coefficient (Wildman–Crippen LogP) is 4.99. The van der Waals surface area contributed by atoms with Crippen molar-refractivity contribution in [3.8, 4) is 0 Å². The zero-order chi connectivity index (χ0) is 32.0. The van der Waals surface area contributed by atoms with Gasteiger partial charge in [-0.1, -0.05) is 6.07 Å². The highest BCUT2D eigenvalue weighted by Crippen LogP contribution is 2.43. The highest BCUT2D eigenvalue weighted by Gasteiger charge is 2.44. The normalized spacial score (nSPS) is 19.2. The first kappa shape index (κ1) is 30.0. The highest BCUT2D eigenvalue weighted by atomic mass is 19.1. The Morgan fingerprint density at radius 1 is 1.04 bits per heavy atom. The molecule has 0 unspecified atom stereocenters. The lowest BCUT2D eigenvalue weighted by atomic mass is 9.86. The number of fused-ring (bicyclic) bond motifs is 2. The number of nitrogens with zero attached hydrogens (tertiary/aromatic N) is 7. The van der Waals surface area contributed by atoms with E-state index in [4.69, 9.17) is 0 Å². The lowest BCUT2D eigenvalue weighted by molar-refractivity contribution is -0.122. The van der Waals surface area contributed by atoms with Crippen LogP contribution in [0.1, 0.15) is 54.6 Å². The standard InChI is InChI=1S/C34H38FN9O2/c1-21-6-7-22(16-26(21)40-30-29-27(37-20-38-30)18-36-33(41-29)43-13-10-23(35)19-43)31(45)39-24-8-9-28-25(17-24)34(2,3)32(46)44(28)15-14-42-11-4-5-12-42/h6-9,16-18,20,23H,4-5,10-15,19H2,1-3H3,(H,39,45)(H,37,38,40)/t23-/m1/s1. The summed E-state index contributed by atoms with van der Waals surface area (Å²) in [5, 5.41) is 6.35. The van der Waals surface area contributed by atoms with E-state index in [1.807, 2.05) is 54.8 Å². The van der Waals surface area contributed by atoms with Crippen LogP contribution in [0.2, 0.25) is 0 Å². The Labute approximate surface area is 267 Å². The minimum Gasteiger partial charge on any atom is -0.338 e. The van der Waals surface area contributed by atoms with E-state index in [1.165, 1.54) is 19.2 Å². The summed E-state index contributed by atoms with van der Waals surface area (Å²) in [6.07, 6.45) is 5.03. The molecule has 2 N–H and O–H groups in total. The number of anilines is 5. The van der Waals surface area contributed by atoms with Gasteiger partial charge >= 0.3 is 0 Å². The van der Waals surface area contributed by atoms with Crippen molar-refractivity contribution in [2.24, 2.45) is 0 Å². The van der Waals surface area contributed by atoms with E-state index in [-0.39, 0.29) is 18.4 Å². The van der Waals surface area contributed by atoms with E-state index >= 15 is 0 Å². The fourth-order valence-electron chi connectivity index (χ4n) is 6.60. The molecule has 11 nitrogen and oxygen atoms in total. The van der Waals surface area contributed by atoms with Gasteiger partial charge in [-0.25, -0.2) is 24.3 Å². The number of aromatic nitrogens is 4. The minimum atomic E-state index is -0.898. The van der Waals surface area contributed by atoms with Crippen molar-refractivity contribution >= 4 is 51.7 Å². The van der Waals surface area contributed by atoms with Gasteiger partial charge in [-0.3, -0.25) is 9.59 Å². The topological polar surface area (TPSA) is 119 Å². The molecule has 2 aromatic carbocycles. The highest BCUT2D eigenvalue weighted by molar-refractivity contribution is 6.09. The molecule has 2 amide bonds. The van der Waals surface area contributed by atoms with Gasteiger partial charge < -0.3 is 25.3 Å². The van der Waals surface area contributed by atoms with Crippen molar-refractivity contribution in [2.45, 2.75) is 51.6 Å². The van der Waals surface area contributed by atoms with Gasteiger partial charge in [0.05, 0.1) is 18.2 Å². The second-order valence-corrected chi connectivity index (χ2v) is 12.9. The molecule has 12 heteroatoms. The molecule has 238 valence electrons. The van der Waals surface area contributed by atoms with Crippen LogP contribution in [0.25, 0.3) is 11.0 Å². The number of aryl methyl sites for hydroxylation is 1. The number of amides is 2. The second kappa shape index (κ2) is 11.9. The molecular weight excluding hydrogens is 585 g/mol. The summed E-state index contributed by atoms with van der Waals surface area (Å²) in [5.41, 5.74) is 4.87. The molecule has 5 heterocycles. The fraction of sp³-hybridized carbons (Fsp3) is 0.412. The first-order valence-corrected chi connectivity index (χ1v) is 15.9. The van der Waals surface area contributed by atoms with Crippen LogP contribution in [0.3, 0.4) is 0 Å². The van der Waals surface area contributed by atoms with Gasteiger partial charge in [0.25, 0.3) is 5.91 Å². The van der Waals surface area contributed by atoms with E-state index in [1.54, 1.807) is 18.3 Å². The summed E-state index contributed by atoms with van der Waals surface area (Å²) in [4.78, 5) is 50.8. The molecule has 0 saturated carbocycles. The number of carbonyl (C=O) groups excluding carboxylic acids is 2. The van der Waals surface area contributed by atoms with Crippen molar-refractivity contribution < 1.29 is 14.0 Å². The number of halogens is 1.